The highest BCUT2D eigenvalue weighted by Crippen LogP contribution is 2.26. The summed E-state index contributed by atoms with van der Waals surface area (Å²) in [6.07, 6.45) is 7.35. The van der Waals surface area contributed by atoms with Gasteiger partial charge in [0.1, 0.15) is 0 Å². The lowest BCUT2D eigenvalue weighted by atomic mass is 10.0. The summed E-state index contributed by atoms with van der Waals surface area (Å²) in [6, 6.07) is 14.0. The molecule has 0 saturated carbocycles. The van der Waals surface area contributed by atoms with Crippen molar-refractivity contribution in [3.05, 3.63) is 85.1 Å². The van der Waals surface area contributed by atoms with Crippen LogP contribution in [0, 0.1) is 0 Å². The van der Waals surface area contributed by atoms with Gasteiger partial charge in [-0.15, -0.1) is 0 Å². The van der Waals surface area contributed by atoms with Crippen molar-refractivity contribution in [1.82, 2.24) is 29.4 Å². The van der Waals surface area contributed by atoms with E-state index in [-0.39, 0.29) is 0 Å². The van der Waals surface area contributed by atoms with E-state index >= 15 is 0 Å². The zero-order chi connectivity index (χ0) is 18.4. The fraction of sp³-hybridized carbons (Fsp3) is 0.0476. The van der Waals surface area contributed by atoms with Gasteiger partial charge in [0, 0.05) is 36.0 Å². The summed E-state index contributed by atoms with van der Waals surface area (Å²) in [7, 11) is 1.89. The van der Waals surface area contributed by atoms with Gasteiger partial charge in [0.2, 0.25) is 0 Å². The van der Waals surface area contributed by atoms with E-state index in [1.165, 1.54) is 0 Å². The van der Waals surface area contributed by atoms with Gasteiger partial charge in [-0.1, -0.05) is 18.7 Å². The molecule has 0 amide bonds. The lowest BCUT2D eigenvalue weighted by molar-refractivity contribution is 0.768. The smallest absolute Gasteiger partial charge is 0.154 e. The Balaban J connectivity index is 1.61. The lowest BCUT2D eigenvalue weighted by Gasteiger charge is -2.07. The van der Waals surface area contributed by atoms with Gasteiger partial charge in [-0.25, -0.2) is 9.50 Å². The number of imidazole rings is 1. The van der Waals surface area contributed by atoms with Crippen molar-refractivity contribution in [2.45, 2.75) is 0 Å². The molecule has 4 heterocycles. The van der Waals surface area contributed by atoms with Crippen LogP contribution in [0.15, 0.2) is 73.8 Å². The van der Waals surface area contributed by atoms with Gasteiger partial charge < -0.3 is 0 Å². The van der Waals surface area contributed by atoms with E-state index in [1.54, 1.807) is 17.1 Å². The molecule has 0 atom stereocenters. The van der Waals surface area contributed by atoms with E-state index in [0.717, 1.165) is 44.6 Å². The summed E-state index contributed by atoms with van der Waals surface area (Å²) in [6.45, 7) is 4.29. The number of aromatic nitrogens is 6. The van der Waals surface area contributed by atoms with Crippen molar-refractivity contribution < 1.29 is 0 Å². The van der Waals surface area contributed by atoms with E-state index in [4.69, 9.17) is 5.10 Å². The number of aryl methyl sites for hydroxylation is 1. The van der Waals surface area contributed by atoms with Crippen LogP contribution in [0.1, 0.15) is 11.3 Å². The SMILES string of the molecule is C=C(c1ccc2ncccc2c1)c1cnc2ccc(-c3cnn(C)c3)nn12. The molecule has 0 radical (unpaired) electrons. The Bertz CT molecular complexity index is 1310. The third kappa shape index (κ3) is 2.58. The summed E-state index contributed by atoms with van der Waals surface area (Å²) in [4.78, 5) is 8.85. The Morgan fingerprint density at radius 3 is 2.81 bits per heavy atom. The molecule has 0 unspecified atom stereocenters. The van der Waals surface area contributed by atoms with Gasteiger partial charge in [0.15, 0.2) is 5.65 Å². The van der Waals surface area contributed by atoms with Gasteiger partial charge >= 0.3 is 0 Å². The fourth-order valence-corrected chi connectivity index (χ4v) is 3.20. The number of pyridine rings is 1. The van der Waals surface area contributed by atoms with Gasteiger partial charge in [0.05, 0.1) is 29.3 Å². The highest BCUT2D eigenvalue weighted by molar-refractivity contribution is 5.86. The molecule has 0 fully saturated rings. The Labute approximate surface area is 155 Å². The van der Waals surface area contributed by atoms with Crippen LogP contribution in [0.5, 0.6) is 0 Å². The Morgan fingerprint density at radius 1 is 1.04 bits per heavy atom. The summed E-state index contributed by atoms with van der Waals surface area (Å²) in [5.41, 5.74) is 6.28. The highest BCUT2D eigenvalue weighted by Gasteiger charge is 2.12. The average Bonchev–Trinajstić information content (AvgIpc) is 3.32. The van der Waals surface area contributed by atoms with Gasteiger partial charge in [-0.3, -0.25) is 9.67 Å². The van der Waals surface area contributed by atoms with Crippen LogP contribution in [0.2, 0.25) is 0 Å². The quantitative estimate of drug-likeness (QED) is 0.496. The molecule has 6 nitrogen and oxygen atoms in total. The van der Waals surface area contributed by atoms with Gasteiger partial charge in [0.25, 0.3) is 0 Å². The number of benzene rings is 1. The van der Waals surface area contributed by atoms with E-state index < -0.39 is 0 Å². The second-order valence-corrected chi connectivity index (χ2v) is 6.42. The molecule has 5 rings (SSSR count). The molecule has 0 N–H and O–H groups in total. The molecule has 0 bridgehead atoms. The molecule has 0 aliphatic carbocycles. The molecule has 1 aromatic carbocycles. The van der Waals surface area contributed by atoms with E-state index in [1.807, 2.05) is 60.4 Å². The molecule has 0 spiro atoms. The van der Waals surface area contributed by atoms with Crippen LogP contribution in [-0.4, -0.2) is 29.4 Å². The number of hydrogen-bond acceptors (Lipinski definition) is 4. The van der Waals surface area contributed by atoms with Crippen molar-refractivity contribution in [2.24, 2.45) is 7.05 Å². The minimum atomic E-state index is 0.779. The summed E-state index contributed by atoms with van der Waals surface area (Å²) in [5, 5.41) is 10.1. The fourth-order valence-electron chi connectivity index (χ4n) is 3.20. The molecule has 27 heavy (non-hydrogen) atoms. The monoisotopic (exact) mass is 352 g/mol. The van der Waals surface area contributed by atoms with Crippen molar-refractivity contribution in [3.8, 4) is 11.3 Å². The topological polar surface area (TPSA) is 60.9 Å². The largest absolute Gasteiger partial charge is 0.275 e. The van der Waals surface area contributed by atoms with E-state index in [0.29, 0.717) is 0 Å². The maximum atomic E-state index is 4.76. The van der Waals surface area contributed by atoms with Crippen LogP contribution in [0.3, 0.4) is 0 Å². The molecule has 4 aromatic heterocycles. The summed E-state index contributed by atoms with van der Waals surface area (Å²) in [5.74, 6) is 0. The average molecular weight is 352 g/mol. The Morgan fingerprint density at radius 2 is 1.96 bits per heavy atom. The third-order valence-corrected chi connectivity index (χ3v) is 4.62. The predicted molar refractivity (Wildman–Crippen MR) is 105 cm³/mol. The minimum absolute atomic E-state index is 0.779. The molecular formula is C21H16N6. The van der Waals surface area contributed by atoms with Crippen molar-refractivity contribution >= 4 is 22.1 Å². The number of nitrogens with zero attached hydrogens (tertiary/aromatic N) is 6. The molecule has 6 heteroatoms. The van der Waals surface area contributed by atoms with Crippen molar-refractivity contribution in [1.29, 1.82) is 0 Å². The highest BCUT2D eigenvalue weighted by atomic mass is 15.3. The number of rotatable bonds is 3. The number of hydrogen-bond donors (Lipinski definition) is 0. The molecular weight excluding hydrogens is 336 g/mol. The second kappa shape index (κ2) is 5.88. The van der Waals surface area contributed by atoms with E-state index in [2.05, 4.69) is 27.7 Å². The van der Waals surface area contributed by atoms with Crippen molar-refractivity contribution in [2.75, 3.05) is 0 Å². The normalized spacial score (nSPS) is 11.3. The van der Waals surface area contributed by atoms with E-state index in [9.17, 15) is 0 Å². The summed E-state index contributed by atoms with van der Waals surface area (Å²) < 4.78 is 3.59. The van der Waals surface area contributed by atoms with Crippen LogP contribution in [0.25, 0.3) is 33.4 Å². The van der Waals surface area contributed by atoms with Gasteiger partial charge in [-0.2, -0.15) is 10.2 Å². The summed E-state index contributed by atoms with van der Waals surface area (Å²) >= 11 is 0. The van der Waals surface area contributed by atoms with Crippen LogP contribution in [0.4, 0.5) is 0 Å². The standard InChI is InChI=1S/C21H16N6/c1-14(15-5-6-18-16(10-15)4-3-9-22-18)20-12-23-21-8-7-19(25-27(20)21)17-11-24-26(2)13-17/h3-13H,1H2,2H3. The first-order chi connectivity index (χ1) is 13.2. The molecule has 130 valence electrons. The molecule has 0 saturated heterocycles. The zero-order valence-electron chi connectivity index (χ0n) is 14.7. The predicted octanol–water partition coefficient (Wildman–Crippen LogP) is 3.74. The van der Waals surface area contributed by atoms with Gasteiger partial charge in [-0.05, 0) is 35.9 Å². The Kier molecular flexibility index (Phi) is 3.36. The first kappa shape index (κ1) is 15.5. The van der Waals surface area contributed by atoms with Crippen molar-refractivity contribution in [3.63, 3.8) is 0 Å². The van der Waals surface area contributed by atoms with Crippen LogP contribution < -0.4 is 0 Å². The second-order valence-electron chi connectivity index (χ2n) is 6.42. The zero-order valence-corrected chi connectivity index (χ0v) is 14.7. The van der Waals surface area contributed by atoms with Crippen LogP contribution in [-0.2, 0) is 7.05 Å². The number of fused-ring (bicyclic) bond motifs is 2. The minimum Gasteiger partial charge on any atom is -0.275 e. The first-order valence-corrected chi connectivity index (χ1v) is 8.57. The third-order valence-electron chi connectivity index (χ3n) is 4.62. The first-order valence-electron chi connectivity index (χ1n) is 8.57. The lowest BCUT2D eigenvalue weighted by Crippen LogP contribution is -1.99. The Hall–Kier alpha value is -3.80. The molecule has 0 aliphatic rings. The molecule has 0 aliphatic heterocycles. The molecule has 5 aromatic rings. The maximum Gasteiger partial charge on any atom is 0.154 e. The maximum absolute atomic E-state index is 4.76. The van der Waals surface area contributed by atoms with Crippen LogP contribution >= 0.6 is 0 Å².